The van der Waals surface area contributed by atoms with Crippen molar-refractivity contribution in [3.63, 3.8) is 0 Å². The van der Waals surface area contributed by atoms with Crippen molar-refractivity contribution >= 4 is 17.6 Å². The number of carbonyl (C=O) groups is 3. The van der Waals surface area contributed by atoms with Gasteiger partial charge >= 0.3 is 0 Å². The maximum atomic E-state index is 12.8. The van der Waals surface area contributed by atoms with Crippen molar-refractivity contribution in [3.05, 3.63) is 30.1 Å². The fourth-order valence-corrected chi connectivity index (χ4v) is 3.80. The van der Waals surface area contributed by atoms with E-state index in [1.54, 1.807) is 23.2 Å². The first kappa shape index (κ1) is 18.5. The Kier molecular flexibility index (Phi) is 6.01. The zero-order valence-electron chi connectivity index (χ0n) is 15.4. The van der Waals surface area contributed by atoms with Gasteiger partial charge in [0.2, 0.25) is 11.8 Å². The van der Waals surface area contributed by atoms with Gasteiger partial charge in [0.25, 0.3) is 0 Å². The van der Waals surface area contributed by atoms with Crippen molar-refractivity contribution in [2.24, 2.45) is 5.92 Å². The molecule has 0 aliphatic carbocycles. The molecule has 6 heteroatoms. The van der Waals surface area contributed by atoms with Gasteiger partial charge in [0.15, 0.2) is 5.78 Å². The fourth-order valence-electron chi connectivity index (χ4n) is 3.80. The van der Waals surface area contributed by atoms with Crippen LogP contribution in [0.15, 0.2) is 24.5 Å². The Balaban J connectivity index is 1.54. The summed E-state index contributed by atoms with van der Waals surface area (Å²) in [6, 6.07) is 3.08. The molecule has 6 nitrogen and oxygen atoms in total. The van der Waals surface area contributed by atoms with Crippen LogP contribution < -0.4 is 0 Å². The van der Waals surface area contributed by atoms with Gasteiger partial charge in [0.1, 0.15) is 6.04 Å². The van der Waals surface area contributed by atoms with Crippen LogP contribution in [0.25, 0.3) is 0 Å². The molecular weight excluding hydrogens is 330 g/mol. The smallest absolute Gasteiger partial charge is 0.245 e. The SMILES string of the molecule is CC1CCN(C(=O)C2CCCN2C(=O)CCC(=O)c2cccnc2)CC1. The first-order valence-electron chi connectivity index (χ1n) is 9.57. The zero-order valence-corrected chi connectivity index (χ0v) is 15.4. The Morgan fingerprint density at radius 2 is 1.88 bits per heavy atom. The van der Waals surface area contributed by atoms with Crippen molar-refractivity contribution in [2.45, 2.75) is 51.5 Å². The third kappa shape index (κ3) is 4.29. The Bertz CT molecular complexity index is 654. The molecule has 3 rings (SSSR count). The van der Waals surface area contributed by atoms with Gasteiger partial charge in [-0.2, -0.15) is 0 Å². The van der Waals surface area contributed by atoms with E-state index in [4.69, 9.17) is 0 Å². The second-order valence-electron chi connectivity index (χ2n) is 7.42. The summed E-state index contributed by atoms with van der Waals surface area (Å²) in [4.78, 5) is 45.2. The van der Waals surface area contributed by atoms with E-state index in [-0.39, 0.29) is 36.5 Å². The van der Waals surface area contributed by atoms with Gasteiger partial charge in [-0.05, 0) is 43.7 Å². The molecule has 1 aromatic heterocycles. The van der Waals surface area contributed by atoms with E-state index < -0.39 is 0 Å². The van der Waals surface area contributed by atoms with Crippen LogP contribution >= 0.6 is 0 Å². The van der Waals surface area contributed by atoms with Gasteiger partial charge in [-0.3, -0.25) is 19.4 Å². The number of rotatable bonds is 5. The molecule has 140 valence electrons. The van der Waals surface area contributed by atoms with E-state index in [2.05, 4.69) is 11.9 Å². The monoisotopic (exact) mass is 357 g/mol. The molecule has 2 aliphatic heterocycles. The average molecular weight is 357 g/mol. The molecule has 2 fully saturated rings. The third-order valence-corrected chi connectivity index (χ3v) is 5.50. The van der Waals surface area contributed by atoms with E-state index >= 15 is 0 Å². The number of pyridine rings is 1. The highest BCUT2D eigenvalue weighted by Crippen LogP contribution is 2.24. The number of aromatic nitrogens is 1. The molecule has 0 radical (unpaired) electrons. The van der Waals surface area contributed by atoms with Crippen LogP contribution in [-0.2, 0) is 9.59 Å². The summed E-state index contributed by atoms with van der Waals surface area (Å²) in [5.74, 6) is 0.571. The Labute approximate surface area is 154 Å². The summed E-state index contributed by atoms with van der Waals surface area (Å²) >= 11 is 0. The second kappa shape index (κ2) is 8.43. The predicted octanol–water partition coefficient (Wildman–Crippen LogP) is 2.29. The summed E-state index contributed by atoms with van der Waals surface area (Å²) in [5.41, 5.74) is 0.525. The minimum Gasteiger partial charge on any atom is -0.341 e. The quantitative estimate of drug-likeness (QED) is 0.758. The largest absolute Gasteiger partial charge is 0.341 e. The van der Waals surface area contributed by atoms with Crippen LogP contribution in [0.3, 0.4) is 0 Å². The van der Waals surface area contributed by atoms with Crippen LogP contribution in [0.1, 0.15) is 55.8 Å². The van der Waals surface area contributed by atoms with E-state index in [1.807, 2.05) is 4.90 Å². The molecule has 2 amide bonds. The van der Waals surface area contributed by atoms with E-state index in [1.165, 1.54) is 6.20 Å². The van der Waals surface area contributed by atoms with Gasteiger partial charge in [-0.15, -0.1) is 0 Å². The van der Waals surface area contributed by atoms with Crippen LogP contribution in [0.5, 0.6) is 0 Å². The number of hydrogen-bond acceptors (Lipinski definition) is 4. The van der Waals surface area contributed by atoms with Crippen LogP contribution in [0.2, 0.25) is 0 Å². The number of piperidine rings is 1. The summed E-state index contributed by atoms with van der Waals surface area (Å²) < 4.78 is 0. The lowest BCUT2D eigenvalue weighted by Gasteiger charge is -2.34. The van der Waals surface area contributed by atoms with Crippen molar-refractivity contribution in [1.82, 2.24) is 14.8 Å². The lowest BCUT2D eigenvalue weighted by atomic mass is 9.98. The van der Waals surface area contributed by atoms with E-state index in [0.29, 0.717) is 18.0 Å². The van der Waals surface area contributed by atoms with Crippen molar-refractivity contribution in [1.29, 1.82) is 0 Å². The van der Waals surface area contributed by atoms with Crippen LogP contribution in [-0.4, -0.2) is 58.1 Å². The summed E-state index contributed by atoms with van der Waals surface area (Å²) in [5, 5.41) is 0. The molecular formula is C20H27N3O3. The normalized spacial score (nSPS) is 21.0. The molecule has 2 saturated heterocycles. The maximum absolute atomic E-state index is 12.8. The lowest BCUT2D eigenvalue weighted by Crippen LogP contribution is -2.49. The topological polar surface area (TPSA) is 70.6 Å². The number of ketones is 1. The highest BCUT2D eigenvalue weighted by atomic mass is 16.2. The van der Waals surface area contributed by atoms with Crippen molar-refractivity contribution in [3.8, 4) is 0 Å². The van der Waals surface area contributed by atoms with E-state index in [9.17, 15) is 14.4 Å². The number of carbonyl (C=O) groups excluding carboxylic acids is 3. The van der Waals surface area contributed by atoms with Crippen molar-refractivity contribution < 1.29 is 14.4 Å². The number of amides is 2. The minimum atomic E-state index is -0.343. The molecule has 2 aliphatic rings. The first-order chi connectivity index (χ1) is 12.6. The first-order valence-corrected chi connectivity index (χ1v) is 9.57. The Morgan fingerprint density at radius 1 is 1.12 bits per heavy atom. The van der Waals surface area contributed by atoms with Gasteiger partial charge in [0.05, 0.1) is 0 Å². The molecule has 0 saturated carbocycles. The molecule has 1 atom stereocenters. The number of likely N-dealkylation sites (tertiary alicyclic amines) is 2. The Morgan fingerprint density at radius 3 is 2.58 bits per heavy atom. The fraction of sp³-hybridized carbons (Fsp3) is 0.600. The van der Waals surface area contributed by atoms with E-state index in [0.717, 1.165) is 38.8 Å². The minimum absolute atomic E-state index is 0.0846. The molecule has 3 heterocycles. The molecule has 0 aromatic carbocycles. The molecule has 0 bridgehead atoms. The average Bonchev–Trinajstić information content (AvgIpc) is 3.16. The molecule has 1 aromatic rings. The molecule has 26 heavy (non-hydrogen) atoms. The maximum Gasteiger partial charge on any atom is 0.245 e. The zero-order chi connectivity index (χ0) is 18.5. The number of hydrogen-bond donors (Lipinski definition) is 0. The van der Waals surface area contributed by atoms with Crippen molar-refractivity contribution in [2.75, 3.05) is 19.6 Å². The third-order valence-electron chi connectivity index (χ3n) is 5.50. The lowest BCUT2D eigenvalue weighted by molar-refractivity contribution is -0.144. The van der Waals surface area contributed by atoms with Gasteiger partial charge in [0, 0.05) is 50.4 Å². The van der Waals surface area contributed by atoms with Crippen LogP contribution in [0.4, 0.5) is 0 Å². The number of Topliss-reactive ketones (excluding diaryl/α,β-unsaturated/α-hetero) is 1. The molecule has 1 unspecified atom stereocenters. The Hall–Kier alpha value is -2.24. The standard InChI is InChI=1S/C20H27N3O3/c1-15-8-12-22(13-9-15)20(26)17-5-3-11-23(17)19(25)7-6-18(24)16-4-2-10-21-14-16/h2,4,10,14-15,17H,3,5-9,11-13H2,1H3. The predicted molar refractivity (Wildman–Crippen MR) is 97.5 cm³/mol. The summed E-state index contributed by atoms with van der Waals surface area (Å²) in [6.45, 7) is 4.41. The highest BCUT2D eigenvalue weighted by molar-refractivity contribution is 5.98. The summed E-state index contributed by atoms with van der Waals surface area (Å²) in [7, 11) is 0. The second-order valence-corrected chi connectivity index (χ2v) is 7.42. The molecule has 0 spiro atoms. The van der Waals surface area contributed by atoms with Gasteiger partial charge in [-0.25, -0.2) is 0 Å². The number of nitrogens with zero attached hydrogens (tertiary/aromatic N) is 3. The highest BCUT2D eigenvalue weighted by Gasteiger charge is 2.37. The molecule has 0 N–H and O–H groups in total. The van der Waals surface area contributed by atoms with Crippen LogP contribution in [0, 0.1) is 5.92 Å². The van der Waals surface area contributed by atoms with Gasteiger partial charge < -0.3 is 9.80 Å². The summed E-state index contributed by atoms with van der Waals surface area (Å²) in [6.07, 6.45) is 7.09. The van der Waals surface area contributed by atoms with Gasteiger partial charge in [-0.1, -0.05) is 6.92 Å².